The number of para-hydroxylation sites is 1. The van der Waals surface area contributed by atoms with E-state index in [0.29, 0.717) is 0 Å². The SMILES string of the molecule is C=CCCCC(NCC)c1cccc(OC)c1OC. The Morgan fingerprint density at radius 1 is 1.32 bits per heavy atom. The van der Waals surface area contributed by atoms with Crippen LogP contribution in [0.2, 0.25) is 0 Å². The van der Waals surface area contributed by atoms with Crippen molar-refractivity contribution in [2.45, 2.75) is 32.2 Å². The van der Waals surface area contributed by atoms with Crippen LogP contribution in [0.15, 0.2) is 30.9 Å². The van der Waals surface area contributed by atoms with E-state index in [1.807, 2.05) is 18.2 Å². The molecule has 3 nitrogen and oxygen atoms in total. The van der Waals surface area contributed by atoms with Gasteiger partial charge in [0.2, 0.25) is 0 Å². The highest BCUT2D eigenvalue weighted by Gasteiger charge is 2.17. The van der Waals surface area contributed by atoms with Gasteiger partial charge in [-0.25, -0.2) is 0 Å². The molecule has 19 heavy (non-hydrogen) atoms. The second kappa shape index (κ2) is 8.59. The molecule has 0 saturated carbocycles. The van der Waals surface area contributed by atoms with Gasteiger partial charge in [-0.15, -0.1) is 6.58 Å². The molecule has 106 valence electrons. The molecule has 0 radical (unpaired) electrons. The van der Waals surface area contributed by atoms with Crippen LogP contribution < -0.4 is 14.8 Å². The van der Waals surface area contributed by atoms with Gasteiger partial charge < -0.3 is 14.8 Å². The van der Waals surface area contributed by atoms with E-state index in [2.05, 4.69) is 24.9 Å². The number of hydrogen-bond acceptors (Lipinski definition) is 3. The van der Waals surface area contributed by atoms with E-state index < -0.39 is 0 Å². The lowest BCUT2D eigenvalue weighted by molar-refractivity contribution is 0.345. The minimum atomic E-state index is 0.287. The topological polar surface area (TPSA) is 30.5 Å². The molecule has 0 bridgehead atoms. The summed E-state index contributed by atoms with van der Waals surface area (Å²) in [6.45, 7) is 6.82. The molecule has 0 aliphatic carbocycles. The maximum Gasteiger partial charge on any atom is 0.165 e. The van der Waals surface area contributed by atoms with Crippen molar-refractivity contribution in [1.29, 1.82) is 0 Å². The average Bonchev–Trinajstić information content (AvgIpc) is 2.45. The third-order valence-electron chi connectivity index (χ3n) is 3.16. The predicted octanol–water partition coefficient (Wildman–Crippen LogP) is 3.71. The first-order chi connectivity index (χ1) is 9.28. The zero-order chi connectivity index (χ0) is 14.1. The fraction of sp³-hybridized carbons (Fsp3) is 0.500. The van der Waals surface area contributed by atoms with Crippen molar-refractivity contribution in [3.05, 3.63) is 36.4 Å². The number of unbranched alkanes of at least 4 members (excludes halogenated alkanes) is 1. The molecule has 0 spiro atoms. The molecule has 0 saturated heterocycles. The van der Waals surface area contributed by atoms with Gasteiger partial charge in [0, 0.05) is 11.6 Å². The Labute approximate surface area is 116 Å². The summed E-state index contributed by atoms with van der Waals surface area (Å²) in [4.78, 5) is 0. The van der Waals surface area contributed by atoms with E-state index in [0.717, 1.165) is 42.9 Å². The average molecular weight is 263 g/mol. The molecule has 0 amide bonds. The van der Waals surface area contributed by atoms with Crippen molar-refractivity contribution in [3.63, 3.8) is 0 Å². The molecule has 0 aliphatic rings. The standard InChI is InChI=1S/C16H25NO2/c1-5-7-8-11-14(17-6-2)13-10-9-12-15(18-3)16(13)19-4/h5,9-10,12,14,17H,1,6-8,11H2,2-4H3. The minimum absolute atomic E-state index is 0.287. The molecule has 0 fully saturated rings. The van der Waals surface area contributed by atoms with Crippen molar-refractivity contribution in [3.8, 4) is 11.5 Å². The smallest absolute Gasteiger partial charge is 0.165 e. The molecule has 1 aromatic rings. The Morgan fingerprint density at radius 2 is 2.11 bits per heavy atom. The predicted molar refractivity (Wildman–Crippen MR) is 80.0 cm³/mol. The Morgan fingerprint density at radius 3 is 2.68 bits per heavy atom. The van der Waals surface area contributed by atoms with E-state index in [9.17, 15) is 0 Å². The van der Waals surface area contributed by atoms with Crippen LogP contribution in [-0.2, 0) is 0 Å². The van der Waals surface area contributed by atoms with Gasteiger partial charge in [0.25, 0.3) is 0 Å². The third kappa shape index (κ3) is 4.28. The van der Waals surface area contributed by atoms with Gasteiger partial charge in [-0.1, -0.05) is 25.1 Å². The van der Waals surface area contributed by atoms with E-state index >= 15 is 0 Å². The largest absolute Gasteiger partial charge is 0.493 e. The first kappa shape index (κ1) is 15.6. The van der Waals surface area contributed by atoms with Gasteiger partial charge in [0.15, 0.2) is 11.5 Å². The second-order valence-corrected chi connectivity index (χ2v) is 4.41. The lowest BCUT2D eigenvalue weighted by Gasteiger charge is -2.21. The Bertz CT molecular complexity index is 390. The molecule has 1 rings (SSSR count). The van der Waals surface area contributed by atoms with E-state index in [1.165, 1.54) is 0 Å². The summed E-state index contributed by atoms with van der Waals surface area (Å²) < 4.78 is 10.9. The Hall–Kier alpha value is -1.48. The van der Waals surface area contributed by atoms with Gasteiger partial charge in [0.1, 0.15) is 0 Å². The molecule has 0 aliphatic heterocycles. The minimum Gasteiger partial charge on any atom is -0.493 e. The van der Waals surface area contributed by atoms with Crippen molar-refractivity contribution in [2.24, 2.45) is 0 Å². The van der Waals surface area contributed by atoms with Crippen LogP contribution in [0.3, 0.4) is 0 Å². The number of allylic oxidation sites excluding steroid dienone is 1. The second-order valence-electron chi connectivity index (χ2n) is 4.41. The molecule has 1 aromatic carbocycles. The summed E-state index contributed by atoms with van der Waals surface area (Å²) >= 11 is 0. The lowest BCUT2D eigenvalue weighted by Crippen LogP contribution is -2.21. The number of methoxy groups -OCH3 is 2. The molecule has 0 aromatic heterocycles. The zero-order valence-corrected chi connectivity index (χ0v) is 12.2. The van der Waals surface area contributed by atoms with Gasteiger partial charge >= 0.3 is 0 Å². The number of benzene rings is 1. The van der Waals surface area contributed by atoms with Gasteiger partial charge in [-0.05, 0) is 31.9 Å². The molecular weight excluding hydrogens is 238 g/mol. The molecule has 1 unspecified atom stereocenters. The van der Waals surface area contributed by atoms with Crippen LogP contribution in [0, 0.1) is 0 Å². The van der Waals surface area contributed by atoms with Crippen molar-refractivity contribution < 1.29 is 9.47 Å². The number of rotatable bonds is 9. The Kier molecular flexibility index (Phi) is 7.04. The van der Waals surface area contributed by atoms with E-state index in [1.54, 1.807) is 14.2 Å². The van der Waals surface area contributed by atoms with Gasteiger partial charge in [-0.2, -0.15) is 0 Å². The van der Waals surface area contributed by atoms with Crippen LogP contribution in [0.4, 0.5) is 0 Å². The summed E-state index contributed by atoms with van der Waals surface area (Å²) in [5.41, 5.74) is 1.16. The van der Waals surface area contributed by atoms with E-state index in [4.69, 9.17) is 9.47 Å². The number of hydrogen-bond donors (Lipinski definition) is 1. The van der Waals surface area contributed by atoms with Crippen LogP contribution in [0.5, 0.6) is 11.5 Å². The van der Waals surface area contributed by atoms with Gasteiger partial charge in [0.05, 0.1) is 14.2 Å². The molecule has 1 atom stereocenters. The third-order valence-corrected chi connectivity index (χ3v) is 3.16. The van der Waals surface area contributed by atoms with Crippen molar-refractivity contribution >= 4 is 0 Å². The van der Waals surface area contributed by atoms with Crippen LogP contribution >= 0.6 is 0 Å². The van der Waals surface area contributed by atoms with E-state index in [-0.39, 0.29) is 6.04 Å². The molecular formula is C16H25NO2. The maximum atomic E-state index is 5.52. The fourth-order valence-corrected chi connectivity index (χ4v) is 2.27. The summed E-state index contributed by atoms with van der Waals surface area (Å²) in [6.07, 6.45) is 5.17. The van der Waals surface area contributed by atoms with Crippen molar-refractivity contribution in [1.82, 2.24) is 5.32 Å². The van der Waals surface area contributed by atoms with Crippen LogP contribution in [-0.4, -0.2) is 20.8 Å². The van der Waals surface area contributed by atoms with Crippen LogP contribution in [0.25, 0.3) is 0 Å². The summed E-state index contributed by atoms with van der Waals surface area (Å²) in [7, 11) is 3.36. The summed E-state index contributed by atoms with van der Waals surface area (Å²) in [5.74, 6) is 1.61. The summed E-state index contributed by atoms with van der Waals surface area (Å²) in [6, 6.07) is 6.32. The quantitative estimate of drug-likeness (QED) is 0.544. The number of nitrogens with one attached hydrogen (secondary N) is 1. The van der Waals surface area contributed by atoms with Crippen LogP contribution in [0.1, 0.15) is 37.8 Å². The van der Waals surface area contributed by atoms with Crippen molar-refractivity contribution in [2.75, 3.05) is 20.8 Å². The monoisotopic (exact) mass is 263 g/mol. The highest BCUT2D eigenvalue weighted by Crippen LogP contribution is 2.36. The zero-order valence-electron chi connectivity index (χ0n) is 12.2. The normalized spacial score (nSPS) is 11.9. The molecule has 3 heteroatoms. The lowest BCUT2D eigenvalue weighted by atomic mass is 9.99. The molecule has 1 N–H and O–H groups in total. The number of ether oxygens (including phenoxy) is 2. The first-order valence-corrected chi connectivity index (χ1v) is 6.83. The highest BCUT2D eigenvalue weighted by atomic mass is 16.5. The Balaban J connectivity index is 2.96. The highest BCUT2D eigenvalue weighted by molar-refractivity contribution is 5.48. The molecule has 0 heterocycles. The maximum absolute atomic E-state index is 5.52. The first-order valence-electron chi connectivity index (χ1n) is 6.83. The van der Waals surface area contributed by atoms with Gasteiger partial charge in [-0.3, -0.25) is 0 Å². The fourth-order valence-electron chi connectivity index (χ4n) is 2.27. The summed E-state index contributed by atoms with van der Waals surface area (Å²) in [5, 5.41) is 3.51.